The van der Waals surface area contributed by atoms with Crippen molar-refractivity contribution in [3.05, 3.63) is 40.5 Å². The molecule has 0 N–H and O–H groups in total. The maximum Gasteiger partial charge on any atom is 0.347 e. The topological polar surface area (TPSA) is 61.8 Å². The smallest absolute Gasteiger partial charge is 0.347 e. The van der Waals surface area contributed by atoms with Gasteiger partial charge >= 0.3 is 11.9 Å². The monoisotopic (exact) mass is 302 g/mol. The second kappa shape index (κ2) is 6.05. The first-order valence-electron chi connectivity index (χ1n) is 6.78. The molecule has 116 valence electrons. The lowest BCUT2D eigenvalue weighted by Gasteiger charge is -2.11. The van der Waals surface area contributed by atoms with Gasteiger partial charge in [0.15, 0.2) is 11.5 Å². The third kappa shape index (κ3) is 2.62. The normalized spacial score (nSPS) is 16.5. The molecule has 2 rings (SSSR count). The molecule has 0 saturated carbocycles. The third-order valence-corrected chi connectivity index (χ3v) is 3.54. The molecule has 0 bridgehead atoms. The van der Waals surface area contributed by atoms with Crippen molar-refractivity contribution in [3.63, 3.8) is 0 Å². The number of hydrogen-bond acceptors (Lipinski definition) is 5. The molecule has 0 aliphatic carbocycles. The molecule has 1 aliphatic rings. The number of benzene rings is 1. The van der Waals surface area contributed by atoms with Gasteiger partial charge in [-0.25, -0.2) is 9.59 Å². The van der Waals surface area contributed by atoms with Gasteiger partial charge in [0.2, 0.25) is 0 Å². The average Bonchev–Trinajstić information content (AvgIpc) is 2.80. The summed E-state index contributed by atoms with van der Waals surface area (Å²) in [5.41, 5.74) is 2.80. The van der Waals surface area contributed by atoms with Crippen LogP contribution in [0, 0.1) is 0 Å². The Balaban J connectivity index is 2.63. The van der Waals surface area contributed by atoms with Crippen molar-refractivity contribution in [1.29, 1.82) is 0 Å². The summed E-state index contributed by atoms with van der Waals surface area (Å²) in [6.07, 6.45) is 0. The van der Waals surface area contributed by atoms with Crippen LogP contribution in [0.1, 0.15) is 26.3 Å². The van der Waals surface area contributed by atoms with Crippen molar-refractivity contribution in [2.24, 2.45) is 0 Å². The van der Waals surface area contributed by atoms with Gasteiger partial charge in [0, 0.05) is 0 Å². The zero-order chi connectivity index (χ0) is 16.4. The number of cyclic esters (lactones) is 2. The number of hydrogen-bond donors (Lipinski definition) is 0. The van der Waals surface area contributed by atoms with Gasteiger partial charge in [-0.3, -0.25) is 0 Å². The molecule has 0 amide bonds. The molecule has 0 radical (unpaired) electrons. The van der Waals surface area contributed by atoms with Gasteiger partial charge in [0.1, 0.15) is 0 Å². The Morgan fingerprint density at radius 1 is 0.909 bits per heavy atom. The SMILES string of the molecule is COc1ccc(/C(C)=C2\C(=O)OC(=O)C2=C(C)C)cc1OC. The van der Waals surface area contributed by atoms with E-state index >= 15 is 0 Å². The van der Waals surface area contributed by atoms with Crippen LogP contribution in [-0.4, -0.2) is 26.2 Å². The molecule has 5 heteroatoms. The van der Waals surface area contributed by atoms with Gasteiger partial charge in [-0.05, 0) is 44.0 Å². The van der Waals surface area contributed by atoms with E-state index in [1.165, 1.54) is 0 Å². The van der Waals surface area contributed by atoms with Crippen LogP contribution in [0.15, 0.2) is 34.9 Å². The highest BCUT2D eigenvalue weighted by Gasteiger charge is 2.36. The Morgan fingerprint density at radius 2 is 1.50 bits per heavy atom. The molecule has 1 aromatic rings. The first kappa shape index (κ1) is 15.8. The zero-order valence-corrected chi connectivity index (χ0v) is 13.3. The van der Waals surface area contributed by atoms with Crippen molar-refractivity contribution in [2.45, 2.75) is 20.8 Å². The van der Waals surface area contributed by atoms with Crippen LogP contribution in [0.25, 0.3) is 5.57 Å². The number of carbonyl (C=O) groups is 2. The van der Waals surface area contributed by atoms with E-state index < -0.39 is 11.9 Å². The van der Waals surface area contributed by atoms with Gasteiger partial charge in [-0.2, -0.15) is 0 Å². The largest absolute Gasteiger partial charge is 0.493 e. The molecule has 0 atom stereocenters. The minimum atomic E-state index is -0.617. The number of ether oxygens (including phenoxy) is 3. The molecular formula is C17H18O5. The Kier molecular flexibility index (Phi) is 4.35. The molecule has 1 fully saturated rings. The Hall–Kier alpha value is -2.56. The maximum atomic E-state index is 12.0. The van der Waals surface area contributed by atoms with E-state index in [0.29, 0.717) is 28.2 Å². The second-order valence-electron chi connectivity index (χ2n) is 5.12. The minimum absolute atomic E-state index is 0.303. The number of methoxy groups -OCH3 is 2. The average molecular weight is 302 g/mol. The van der Waals surface area contributed by atoms with Gasteiger partial charge in [0.25, 0.3) is 0 Å². The number of esters is 2. The molecule has 1 saturated heterocycles. The van der Waals surface area contributed by atoms with Crippen LogP contribution in [0.4, 0.5) is 0 Å². The summed E-state index contributed by atoms with van der Waals surface area (Å²) >= 11 is 0. The highest BCUT2D eigenvalue weighted by atomic mass is 16.6. The van der Waals surface area contributed by atoms with Crippen LogP contribution in [0.2, 0.25) is 0 Å². The summed E-state index contributed by atoms with van der Waals surface area (Å²) in [6.45, 7) is 5.33. The van der Waals surface area contributed by atoms with Crippen molar-refractivity contribution < 1.29 is 23.8 Å². The predicted octanol–water partition coefficient (Wildman–Crippen LogP) is 2.90. The van der Waals surface area contributed by atoms with Crippen molar-refractivity contribution >= 4 is 17.5 Å². The number of allylic oxidation sites excluding steroid dienone is 2. The fourth-order valence-electron chi connectivity index (χ4n) is 2.40. The van der Waals surface area contributed by atoms with Crippen LogP contribution >= 0.6 is 0 Å². The molecule has 22 heavy (non-hydrogen) atoms. The summed E-state index contributed by atoms with van der Waals surface area (Å²) < 4.78 is 15.2. The number of rotatable bonds is 3. The number of carbonyl (C=O) groups excluding carboxylic acids is 2. The van der Waals surface area contributed by atoms with Crippen LogP contribution in [-0.2, 0) is 14.3 Å². The molecule has 1 aliphatic heterocycles. The molecule has 5 nitrogen and oxygen atoms in total. The van der Waals surface area contributed by atoms with Crippen molar-refractivity contribution in [2.75, 3.05) is 14.2 Å². The standard InChI is InChI=1S/C17H18O5/c1-9(2)14-15(17(19)22-16(14)18)10(3)11-6-7-12(20-4)13(8-11)21-5/h6-8H,1-5H3/b15-10-. The first-order chi connectivity index (χ1) is 10.4. The first-order valence-corrected chi connectivity index (χ1v) is 6.78. The zero-order valence-electron chi connectivity index (χ0n) is 13.3. The molecule has 0 unspecified atom stereocenters. The highest BCUT2D eigenvalue weighted by Crippen LogP contribution is 2.35. The fourth-order valence-corrected chi connectivity index (χ4v) is 2.40. The maximum absolute atomic E-state index is 12.0. The predicted molar refractivity (Wildman–Crippen MR) is 81.6 cm³/mol. The van der Waals surface area contributed by atoms with Crippen LogP contribution in [0.5, 0.6) is 11.5 Å². The van der Waals surface area contributed by atoms with Gasteiger partial charge < -0.3 is 14.2 Å². The Bertz CT molecular complexity index is 706. The molecule has 0 spiro atoms. The Labute approximate surface area is 129 Å². The molecule has 1 aromatic carbocycles. The summed E-state index contributed by atoms with van der Waals surface area (Å²) in [5.74, 6) is -0.0683. The van der Waals surface area contributed by atoms with Gasteiger partial charge in [-0.15, -0.1) is 0 Å². The Morgan fingerprint density at radius 3 is 2.05 bits per heavy atom. The van der Waals surface area contributed by atoms with E-state index in [-0.39, 0.29) is 0 Å². The van der Waals surface area contributed by atoms with E-state index in [1.54, 1.807) is 47.1 Å². The second-order valence-corrected chi connectivity index (χ2v) is 5.12. The van der Waals surface area contributed by atoms with Gasteiger partial charge in [0.05, 0.1) is 25.4 Å². The fraction of sp³-hybridized carbons (Fsp3) is 0.294. The van der Waals surface area contributed by atoms with E-state index in [9.17, 15) is 9.59 Å². The summed E-state index contributed by atoms with van der Waals surface area (Å²) in [6, 6.07) is 5.32. The van der Waals surface area contributed by atoms with Gasteiger partial charge in [-0.1, -0.05) is 11.6 Å². The van der Waals surface area contributed by atoms with E-state index in [0.717, 1.165) is 11.1 Å². The lowest BCUT2D eigenvalue weighted by molar-refractivity contribution is -0.149. The van der Waals surface area contributed by atoms with E-state index in [1.807, 2.05) is 6.07 Å². The van der Waals surface area contributed by atoms with E-state index in [2.05, 4.69) is 0 Å². The minimum Gasteiger partial charge on any atom is -0.493 e. The highest BCUT2D eigenvalue weighted by molar-refractivity contribution is 6.22. The van der Waals surface area contributed by atoms with Crippen LogP contribution < -0.4 is 9.47 Å². The van der Waals surface area contributed by atoms with E-state index in [4.69, 9.17) is 14.2 Å². The molecule has 1 heterocycles. The quantitative estimate of drug-likeness (QED) is 0.488. The van der Waals surface area contributed by atoms with Crippen LogP contribution in [0.3, 0.4) is 0 Å². The summed E-state index contributed by atoms with van der Waals surface area (Å²) in [4.78, 5) is 23.8. The third-order valence-electron chi connectivity index (χ3n) is 3.54. The lowest BCUT2D eigenvalue weighted by atomic mass is 9.94. The summed E-state index contributed by atoms with van der Waals surface area (Å²) in [7, 11) is 3.09. The lowest BCUT2D eigenvalue weighted by Crippen LogP contribution is -2.00. The molecule has 0 aromatic heterocycles. The molecular weight excluding hydrogens is 284 g/mol. The summed E-state index contributed by atoms with van der Waals surface area (Å²) in [5, 5.41) is 0. The van der Waals surface area contributed by atoms with Crippen molar-refractivity contribution in [3.8, 4) is 11.5 Å². The van der Waals surface area contributed by atoms with Crippen molar-refractivity contribution in [1.82, 2.24) is 0 Å².